The summed E-state index contributed by atoms with van der Waals surface area (Å²) in [5, 5.41) is 3.42. The molecule has 14 heavy (non-hydrogen) atoms. The van der Waals surface area contributed by atoms with Crippen LogP contribution in [0.5, 0.6) is 0 Å². The van der Waals surface area contributed by atoms with E-state index >= 15 is 0 Å². The van der Waals surface area contributed by atoms with Crippen molar-refractivity contribution < 1.29 is 4.42 Å². The van der Waals surface area contributed by atoms with E-state index in [9.17, 15) is 0 Å². The van der Waals surface area contributed by atoms with Gasteiger partial charge in [0.2, 0.25) is 0 Å². The van der Waals surface area contributed by atoms with Crippen LogP contribution in [-0.4, -0.2) is 12.6 Å². The molecule has 1 aromatic heterocycles. The minimum absolute atomic E-state index is 0.598. The largest absolute Gasteiger partial charge is 0.465 e. The van der Waals surface area contributed by atoms with Gasteiger partial charge >= 0.3 is 0 Å². The monoisotopic (exact) mass is 193 g/mol. The molecule has 1 unspecified atom stereocenters. The molecule has 0 saturated carbocycles. The Labute approximate surface area is 86.0 Å². The van der Waals surface area contributed by atoms with Crippen LogP contribution in [0.15, 0.2) is 28.9 Å². The topological polar surface area (TPSA) is 25.2 Å². The molecule has 0 bridgehead atoms. The van der Waals surface area contributed by atoms with Gasteiger partial charge in [-0.2, -0.15) is 0 Å². The second-order valence-corrected chi connectivity index (χ2v) is 3.52. The summed E-state index contributed by atoms with van der Waals surface area (Å²) in [6.45, 7) is 5.32. The molecular formula is C12H19NO. The van der Waals surface area contributed by atoms with E-state index in [4.69, 9.17) is 4.42 Å². The van der Waals surface area contributed by atoms with Gasteiger partial charge in [-0.05, 0) is 31.6 Å². The number of rotatable bonds is 6. The lowest BCUT2D eigenvalue weighted by molar-refractivity contribution is 0.535. The van der Waals surface area contributed by atoms with Gasteiger partial charge in [-0.15, -0.1) is 0 Å². The molecule has 1 N–H and O–H groups in total. The van der Waals surface area contributed by atoms with Crippen LogP contribution in [0.25, 0.3) is 6.08 Å². The quantitative estimate of drug-likeness (QED) is 0.751. The highest BCUT2D eigenvalue weighted by atomic mass is 16.3. The normalized spacial score (nSPS) is 13.6. The molecule has 0 aliphatic rings. The fourth-order valence-electron chi connectivity index (χ4n) is 1.37. The number of hydrogen-bond acceptors (Lipinski definition) is 2. The van der Waals surface area contributed by atoms with Gasteiger partial charge in [-0.25, -0.2) is 0 Å². The van der Waals surface area contributed by atoms with E-state index in [-0.39, 0.29) is 0 Å². The van der Waals surface area contributed by atoms with Gasteiger partial charge in [-0.1, -0.05) is 19.4 Å². The van der Waals surface area contributed by atoms with Gasteiger partial charge in [0.25, 0.3) is 0 Å². The second-order valence-electron chi connectivity index (χ2n) is 3.52. The van der Waals surface area contributed by atoms with Crippen LogP contribution in [-0.2, 0) is 0 Å². The van der Waals surface area contributed by atoms with Crippen LogP contribution >= 0.6 is 0 Å². The zero-order valence-electron chi connectivity index (χ0n) is 8.99. The molecule has 1 heterocycles. The van der Waals surface area contributed by atoms with Crippen LogP contribution in [0.1, 0.15) is 32.4 Å². The maximum atomic E-state index is 5.17. The Kier molecular flexibility index (Phi) is 5.08. The highest BCUT2D eigenvalue weighted by Crippen LogP contribution is 2.01. The number of furan rings is 1. The maximum Gasteiger partial charge on any atom is 0.126 e. The lowest BCUT2D eigenvalue weighted by atomic mass is 10.2. The molecule has 78 valence electrons. The van der Waals surface area contributed by atoms with Crippen LogP contribution in [0.3, 0.4) is 0 Å². The van der Waals surface area contributed by atoms with Crippen LogP contribution in [0, 0.1) is 0 Å². The smallest absolute Gasteiger partial charge is 0.126 e. The van der Waals surface area contributed by atoms with Gasteiger partial charge in [0.1, 0.15) is 5.76 Å². The highest BCUT2D eigenvalue weighted by molar-refractivity contribution is 5.42. The predicted octanol–water partition coefficient (Wildman–Crippen LogP) is 3.07. The molecule has 2 nitrogen and oxygen atoms in total. The van der Waals surface area contributed by atoms with E-state index < -0.39 is 0 Å². The summed E-state index contributed by atoms with van der Waals surface area (Å²) in [7, 11) is 0. The standard InChI is InChI=1S/C12H19NO/c1-3-6-11(2)13-9-4-7-12-8-5-10-14-12/h4-5,7-8,10-11,13H,3,6,9H2,1-2H3/b7-4+. The SMILES string of the molecule is CCCC(C)NC/C=C/c1ccco1. The first-order valence-electron chi connectivity index (χ1n) is 5.26. The molecule has 0 fully saturated rings. The average molecular weight is 193 g/mol. The van der Waals surface area contributed by atoms with E-state index in [0.29, 0.717) is 6.04 Å². The van der Waals surface area contributed by atoms with E-state index in [1.54, 1.807) is 6.26 Å². The summed E-state index contributed by atoms with van der Waals surface area (Å²) >= 11 is 0. The third kappa shape index (κ3) is 4.28. The first-order chi connectivity index (χ1) is 6.83. The fraction of sp³-hybridized carbons (Fsp3) is 0.500. The summed E-state index contributed by atoms with van der Waals surface area (Å²) in [5.74, 6) is 0.912. The highest BCUT2D eigenvalue weighted by Gasteiger charge is 1.95. The van der Waals surface area contributed by atoms with Crippen LogP contribution in [0.4, 0.5) is 0 Å². The zero-order valence-corrected chi connectivity index (χ0v) is 8.99. The Morgan fingerprint density at radius 1 is 1.57 bits per heavy atom. The van der Waals surface area contributed by atoms with Gasteiger partial charge in [0.15, 0.2) is 0 Å². The predicted molar refractivity (Wildman–Crippen MR) is 60.1 cm³/mol. The van der Waals surface area contributed by atoms with Gasteiger partial charge in [-0.3, -0.25) is 0 Å². The molecule has 0 radical (unpaired) electrons. The van der Waals surface area contributed by atoms with Crippen molar-refractivity contribution in [2.24, 2.45) is 0 Å². The average Bonchev–Trinajstić information content (AvgIpc) is 2.65. The minimum atomic E-state index is 0.598. The maximum absolute atomic E-state index is 5.17. The van der Waals surface area contributed by atoms with Gasteiger partial charge < -0.3 is 9.73 Å². The molecule has 0 aliphatic carbocycles. The molecule has 0 saturated heterocycles. The van der Waals surface area contributed by atoms with Crippen LogP contribution < -0.4 is 5.32 Å². The van der Waals surface area contributed by atoms with Crippen molar-refractivity contribution in [3.63, 3.8) is 0 Å². The van der Waals surface area contributed by atoms with Crippen LogP contribution in [0.2, 0.25) is 0 Å². The summed E-state index contributed by atoms with van der Waals surface area (Å²) < 4.78 is 5.17. The van der Waals surface area contributed by atoms with E-state index in [2.05, 4.69) is 25.2 Å². The second kappa shape index (κ2) is 6.44. The van der Waals surface area contributed by atoms with Gasteiger partial charge in [0, 0.05) is 12.6 Å². The van der Waals surface area contributed by atoms with Crippen molar-refractivity contribution in [3.8, 4) is 0 Å². The number of nitrogens with one attached hydrogen (secondary N) is 1. The Morgan fingerprint density at radius 2 is 2.43 bits per heavy atom. The molecule has 1 rings (SSSR count). The summed E-state index contributed by atoms with van der Waals surface area (Å²) in [4.78, 5) is 0. The summed E-state index contributed by atoms with van der Waals surface area (Å²) in [5.41, 5.74) is 0. The fourth-order valence-corrected chi connectivity index (χ4v) is 1.37. The Balaban J connectivity index is 2.15. The third-order valence-electron chi connectivity index (χ3n) is 2.13. The molecule has 2 heteroatoms. The molecule has 0 spiro atoms. The molecule has 1 aromatic rings. The Bertz CT molecular complexity index is 251. The van der Waals surface area contributed by atoms with Crippen molar-refractivity contribution in [3.05, 3.63) is 30.2 Å². The van der Waals surface area contributed by atoms with E-state index in [0.717, 1.165) is 12.3 Å². The zero-order chi connectivity index (χ0) is 10.2. The Hall–Kier alpha value is -1.02. The Morgan fingerprint density at radius 3 is 3.07 bits per heavy atom. The molecule has 1 atom stereocenters. The van der Waals surface area contributed by atoms with Crippen molar-refractivity contribution in [1.29, 1.82) is 0 Å². The molecule has 0 aromatic carbocycles. The van der Waals surface area contributed by atoms with E-state index in [1.807, 2.05) is 18.2 Å². The van der Waals surface area contributed by atoms with E-state index in [1.165, 1.54) is 12.8 Å². The molecular weight excluding hydrogens is 174 g/mol. The first-order valence-corrected chi connectivity index (χ1v) is 5.26. The van der Waals surface area contributed by atoms with Crippen molar-refractivity contribution >= 4 is 6.08 Å². The molecule has 0 amide bonds. The lowest BCUT2D eigenvalue weighted by Gasteiger charge is -2.09. The summed E-state index contributed by atoms with van der Waals surface area (Å²) in [6.07, 6.45) is 8.23. The number of hydrogen-bond donors (Lipinski definition) is 1. The van der Waals surface area contributed by atoms with Crippen molar-refractivity contribution in [2.45, 2.75) is 32.7 Å². The third-order valence-corrected chi connectivity index (χ3v) is 2.13. The van der Waals surface area contributed by atoms with Gasteiger partial charge in [0.05, 0.1) is 6.26 Å². The molecule has 0 aliphatic heterocycles. The van der Waals surface area contributed by atoms with Crippen molar-refractivity contribution in [2.75, 3.05) is 6.54 Å². The van der Waals surface area contributed by atoms with Crippen molar-refractivity contribution in [1.82, 2.24) is 5.32 Å². The first kappa shape index (κ1) is 11.1. The lowest BCUT2D eigenvalue weighted by Crippen LogP contribution is -2.25. The summed E-state index contributed by atoms with van der Waals surface area (Å²) in [6, 6.07) is 4.44. The minimum Gasteiger partial charge on any atom is -0.465 e.